The minimum absolute atomic E-state index is 0.00786. The number of carbonyl (C=O) groups is 3. The van der Waals surface area contributed by atoms with Crippen LogP contribution in [0.2, 0.25) is 0 Å². The van der Waals surface area contributed by atoms with E-state index in [-0.39, 0.29) is 11.3 Å². The summed E-state index contributed by atoms with van der Waals surface area (Å²) in [5.74, 6) is -1.47. The number of rotatable bonds is 4. The summed E-state index contributed by atoms with van der Waals surface area (Å²) in [4.78, 5) is 38.7. The van der Waals surface area contributed by atoms with E-state index in [1.807, 2.05) is 0 Å². The van der Waals surface area contributed by atoms with Crippen LogP contribution >= 0.6 is 0 Å². The van der Waals surface area contributed by atoms with Crippen molar-refractivity contribution >= 4 is 18.0 Å². The van der Waals surface area contributed by atoms with Crippen molar-refractivity contribution in [2.45, 2.75) is 59.1 Å². The normalized spacial score (nSPS) is 18.4. The second-order valence-electron chi connectivity index (χ2n) is 7.88. The minimum atomic E-state index is -1.13. The van der Waals surface area contributed by atoms with E-state index in [0.29, 0.717) is 13.1 Å². The van der Waals surface area contributed by atoms with Crippen molar-refractivity contribution < 1.29 is 24.2 Å². The van der Waals surface area contributed by atoms with Gasteiger partial charge in [0.05, 0.1) is 6.42 Å². The van der Waals surface area contributed by atoms with Crippen LogP contribution in [0.5, 0.6) is 0 Å². The zero-order valence-electron chi connectivity index (χ0n) is 14.9. The lowest BCUT2D eigenvalue weighted by molar-refractivity contribution is -0.144. The molecule has 1 fully saturated rings. The number of likely N-dealkylation sites (N-methyl/N-ethyl adjacent to an activating group) is 1. The maximum atomic E-state index is 12.7. The molecule has 132 valence electrons. The van der Waals surface area contributed by atoms with Gasteiger partial charge in [-0.1, -0.05) is 13.8 Å². The smallest absolute Gasteiger partial charge is 0.410 e. The number of carbonyl (C=O) groups excluding carboxylic acids is 2. The van der Waals surface area contributed by atoms with Gasteiger partial charge >= 0.3 is 12.1 Å². The highest BCUT2D eigenvalue weighted by Gasteiger charge is 2.39. The minimum Gasteiger partial charge on any atom is -0.481 e. The number of carboxylic acids is 1. The van der Waals surface area contributed by atoms with Gasteiger partial charge in [-0.25, -0.2) is 4.79 Å². The molecule has 0 aromatic rings. The van der Waals surface area contributed by atoms with Crippen LogP contribution in [0.4, 0.5) is 4.79 Å². The van der Waals surface area contributed by atoms with Crippen molar-refractivity contribution in [3.8, 4) is 0 Å². The van der Waals surface area contributed by atoms with Gasteiger partial charge in [-0.2, -0.15) is 0 Å². The van der Waals surface area contributed by atoms with Crippen LogP contribution in [0.3, 0.4) is 0 Å². The molecular weight excluding hydrogens is 300 g/mol. The number of ether oxygens (including phenoxy) is 1. The fourth-order valence-electron chi connectivity index (χ4n) is 2.53. The summed E-state index contributed by atoms with van der Waals surface area (Å²) in [6, 6.07) is -1.06. The molecule has 0 aliphatic carbocycles. The second kappa shape index (κ2) is 6.76. The summed E-state index contributed by atoms with van der Waals surface area (Å²) in [6.45, 7) is 10.4. The molecule has 1 aliphatic rings. The van der Waals surface area contributed by atoms with Gasteiger partial charge in [-0.15, -0.1) is 0 Å². The molecule has 7 heteroatoms. The van der Waals surface area contributed by atoms with Gasteiger partial charge < -0.3 is 14.7 Å². The Balaban J connectivity index is 2.89. The molecule has 1 N–H and O–H groups in total. The van der Waals surface area contributed by atoms with Crippen molar-refractivity contribution in [2.24, 2.45) is 5.41 Å². The molecule has 0 saturated carbocycles. The SMILES string of the molecule is CN(C(=O)OC(C)(C)C)C(CC(=O)O)C(=O)N1CCC(C)(C)C1. The quantitative estimate of drug-likeness (QED) is 0.852. The predicted molar refractivity (Wildman–Crippen MR) is 85.0 cm³/mol. The molecule has 0 spiro atoms. The van der Waals surface area contributed by atoms with Gasteiger partial charge in [0.25, 0.3) is 0 Å². The van der Waals surface area contributed by atoms with Crippen LogP contribution in [0.25, 0.3) is 0 Å². The molecule has 23 heavy (non-hydrogen) atoms. The van der Waals surface area contributed by atoms with E-state index in [2.05, 4.69) is 13.8 Å². The molecule has 1 rings (SSSR count). The Bertz CT molecular complexity index is 481. The number of hydrogen-bond donors (Lipinski definition) is 1. The fourth-order valence-corrected chi connectivity index (χ4v) is 2.53. The number of likely N-dealkylation sites (tertiary alicyclic amines) is 1. The zero-order valence-corrected chi connectivity index (χ0v) is 14.9. The Hall–Kier alpha value is -1.79. The van der Waals surface area contributed by atoms with Gasteiger partial charge in [0.2, 0.25) is 5.91 Å². The van der Waals surface area contributed by atoms with Crippen LogP contribution < -0.4 is 0 Å². The Morgan fingerprint density at radius 1 is 1.30 bits per heavy atom. The molecule has 7 nitrogen and oxygen atoms in total. The van der Waals surface area contributed by atoms with Gasteiger partial charge in [-0.3, -0.25) is 14.5 Å². The Kier molecular flexibility index (Phi) is 5.66. The first-order valence-corrected chi connectivity index (χ1v) is 7.79. The maximum Gasteiger partial charge on any atom is 0.410 e. The van der Waals surface area contributed by atoms with E-state index >= 15 is 0 Å². The summed E-state index contributed by atoms with van der Waals surface area (Å²) in [7, 11) is 1.40. The summed E-state index contributed by atoms with van der Waals surface area (Å²) < 4.78 is 5.24. The molecular formula is C16H28N2O5. The Morgan fingerprint density at radius 3 is 2.26 bits per heavy atom. The highest BCUT2D eigenvalue weighted by Crippen LogP contribution is 2.29. The number of hydrogen-bond acceptors (Lipinski definition) is 4. The zero-order chi connectivity index (χ0) is 18.0. The number of amides is 2. The summed E-state index contributed by atoms with van der Waals surface area (Å²) >= 11 is 0. The van der Waals surface area contributed by atoms with Crippen LogP contribution in [0.1, 0.15) is 47.5 Å². The monoisotopic (exact) mass is 328 g/mol. The standard InChI is InChI=1S/C16H28N2O5/c1-15(2,3)23-14(22)17(6)11(9-12(19)20)13(21)18-8-7-16(4,5)10-18/h11H,7-10H2,1-6H3,(H,19,20). The molecule has 1 atom stereocenters. The highest BCUT2D eigenvalue weighted by molar-refractivity contribution is 5.89. The van der Waals surface area contributed by atoms with E-state index < -0.39 is 30.1 Å². The van der Waals surface area contributed by atoms with Crippen molar-refractivity contribution in [3.05, 3.63) is 0 Å². The van der Waals surface area contributed by atoms with Crippen LogP contribution in [-0.2, 0) is 14.3 Å². The van der Waals surface area contributed by atoms with E-state index in [1.165, 1.54) is 7.05 Å². The summed E-state index contributed by atoms with van der Waals surface area (Å²) in [5.41, 5.74) is -0.703. The maximum absolute atomic E-state index is 12.7. The molecule has 2 amide bonds. The summed E-state index contributed by atoms with van der Waals surface area (Å²) in [5, 5.41) is 9.09. The first-order chi connectivity index (χ1) is 10.3. The third-order valence-corrected chi connectivity index (χ3v) is 3.79. The van der Waals surface area contributed by atoms with Gasteiger partial charge in [-0.05, 0) is 32.6 Å². The fraction of sp³-hybridized carbons (Fsp3) is 0.812. The summed E-state index contributed by atoms with van der Waals surface area (Å²) in [6.07, 6.45) is -0.282. The van der Waals surface area contributed by atoms with E-state index in [4.69, 9.17) is 9.84 Å². The average molecular weight is 328 g/mol. The predicted octanol–water partition coefficient (Wildman–Crippen LogP) is 1.96. The molecule has 1 aliphatic heterocycles. The molecule has 0 aromatic heterocycles. The van der Waals surface area contributed by atoms with Gasteiger partial charge in [0, 0.05) is 20.1 Å². The molecule has 0 radical (unpaired) electrons. The second-order valence-corrected chi connectivity index (χ2v) is 7.88. The van der Waals surface area contributed by atoms with Crippen molar-refractivity contribution in [3.63, 3.8) is 0 Å². The highest BCUT2D eigenvalue weighted by atomic mass is 16.6. The van der Waals surface area contributed by atoms with Crippen LogP contribution in [0, 0.1) is 5.41 Å². The molecule has 1 unspecified atom stereocenters. The van der Waals surface area contributed by atoms with Gasteiger partial charge in [0.1, 0.15) is 11.6 Å². The molecule has 0 bridgehead atoms. The van der Waals surface area contributed by atoms with Crippen molar-refractivity contribution in [1.82, 2.24) is 9.80 Å². The van der Waals surface area contributed by atoms with Gasteiger partial charge in [0.15, 0.2) is 0 Å². The molecule has 1 saturated heterocycles. The number of carboxylic acid groups (broad SMARTS) is 1. The lowest BCUT2D eigenvalue weighted by Crippen LogP contribution is -2.51. The number of aliphatic carboxylic acids is 1. The van der Waals surface area contributed by atoms with Crippen molar-refractivity contribution in [1.29, 1.82) is 0 Å². The van der Waals surface area contributed by atoms with Crippen LogP contribution in [0.15, 0.2) is 0 Å². The lowest BCUT2D eigenvalue weighted by atomic mass is 9.93. The third-order valence-electron chi connectivity index (χ3n) is 3.79. The van der Waals surface area contributed by atoms with E-state index in [0.717, 1.165) is 11.3 Å². The average Bonchev–Trinajstić information content (AvgIpc) is 2.72. The first kappa shape index (κ1) is 19.3. The molecule has 0 aromatic carbocycles. The van der Waals surface area contributed by atoms with E-state index in [1.54, 1.807) is 25.7 Å². The Morgan fingerprint density at radius 2 is 1.87 bits per heavy atom. The van der Waals surface area contributed by atoms with E-state index in [9.17, 15) is 14.4 Å². The van der Waals surface area contributed by atoms with Crippen molar-refractivity contribution in [2.75, 3.05) is 20.1 Å². The first-order valence-electron chi connectivity index (χ1n) is 7.79. The lowest BCUT2D eigenvalue weighted by Gasteiger charge is -2.32. The number of nitrogens with zero attached hydrogens (tertiary/aromatic N) is 2. The Labute approximate surface area is 137 Å². The topological polar surface area (TPSA) is 87.1 Å². The van der Waals surface area contributed by atoms with Crippen LogP contribution in [-0.4, -0.2) is 64.7 Å². The largest absolute Gasteiger partial charge is 0.481 e. The third kappa shape index (κ3) is 5.73. The molecule has 1 heterocycles.